The number of hydrogen-bond donors (Lipinski definition) is 1. The Kier molecular flexibility index (Phi) is 8.63. The second-order valence-electron chi connectivity index (χ2n) is 3.83. The van der Waals surface area contributed by atoms with Crippen molar-refractivity contribution in [3.05, 3.63) is 28.0 Å². The Morgan fingerprint density at radius 2 is 2.06 bits per heavy atom. The Morgan fingerprint density at radius 3 is 2.56 bits per heavy atom. The van der Waals surface area contributed by atoms with E-state index in [2.05, 4.69) is 21.2 Å². The molecule has 1 aromatic rings. The zero-order chi connectivity index (χ0) is 14.1. The summed E-state index contributed by atoms with van der Waals surface area (Å²) in [5.41, 5.74) is 1.79. The minimum Gasteiger partial charge on any atom is -0.388 e. The molecule has 0 aliphatic carbocycles. The van der Waals surface area contributed by atoms with Gasteiger partial charge in [0.2, 0.25) is 0 Å². The number of benzene rings is 1. The molecule has 0 radical (unpaired) electrons. The molecule has 1 N–H and O–H groups in total. The van der Waals surface area contributed by atoms with Crippen LogP contribution in [0.4, 0.5) is 10.1 Å². The zero-order valence-corrected chi connectivity index (χ0v) is 13.0. The fraction of sp³-hybridized carbons (Fsp3) is 0.500. The lowest BCUT2D eigenvalue weighted by Gasteiger charge is -2.11. The van der Waals surface area contributed by atoms with Crippen LogP contribution >= 0.6 is 15.9 Å². The van der Waals surface area contributed by atoms with Crippen molar-refractivity contribution in [2.24, 2.45) is 5.92 Å². The third kappa shape index (κ3) is 5.17. The maximum atomic E-state index is 13.4. The first-order valence-corrected chi connectivity index (χ1v) is 6.98. The molecular formula is C14H21BrFNO. The molecule has 0 saturated heterocycles. The van der Waals surface area contributed by atoms with Crippen LogP contribution in [0.15, 0.2) is 16.6 Å². The van der Waals surface area contributed by atoms with Crippen molar-refractivity contribution < 1.29 is 9.18 Å². The van der Waals surface area contributed by atoms with Crippen molar-refractivity contribution in [3.8, 4) is 0 Å². The molecule has 0 fully saturated rings. The molecule has 0 aromatic heterocycles. The Labute approximate surface area is 117 Å². The number of carbonyl (C=O) groups is 1. The Morgan fingerprint density at radius 1 is 1.44 bits per heavy atom. The molecule has 0 spiro atoms. The number of aldehydes is 1. The highest BCUT2D eigenvalue weighted by Crippen LogP contribution is 2.26. The van der Waals surface area contributed by atoms with E-state index in [9.17, 15) is 9.18 Å². The minimum atomic E-state index is -0.271. The van der Waals surface area contributed by atoms with E-state index >= 15 is 0 Å². The van der Waals surface area contributed by atoms with Crippen LogP contribution < -0.4 is 5.32 Å². The van der Waals surface area contributed by atoms with E-state index in [1.54, 1.807) is 13.1 Å². The van der Waals surface area contributed by atoms with Gasteiger partial charge in [0, 0.05) is 18.7 Å². The topological polar surface area (TPSA) is 29.1 Å². The Balaban J connectivity index is 0.00000137. The molecule has 0 amide bonds. The van der Waals surface area contributed by atoms with Gasteiger partial charge in [-0.3, -0.25) is 0 Å². The summed E-state index contributed by atoms with van der Waals surface area (Å²) in [6.07, 6.45) is 2.35. The van der Waals surface area contributed by atoms with Crippen LogP contribution in [0.2, 0.25) is 0 Å². The minimum absolute atomic E-state index is 0.0106. The quantitative estimate of drug-likeness (QED) is 0.814. The van der Waals surface area contributed by atoms with E-state index in [0.29, 0.717) is 10.9 Å². The van der Waals surface area contributed by atoms with Crippen molar-refractivity contribution >= 4 is 27.9 Å². The number of aryl methyl sites for hydroxylation is 1. The smallest absolute Gasteiger partial charge is 0.137 e. The van der Waals surface area contributed by atoms with E-state index in [4.69, 9.17) is 0 Å². The summed E-state index contributed by atoms with van der Waals surface area (Å²) in [6, 6.07) is 3.23. The third-order valence-corrected chi connectivity index (χ3v) is 3.12. The molecule has 0 bridgehead atoms. The molecule has 2 nitrogen and oxygen atoms in total. The van der Waals surface area contributed by atoms with Crippen molar-refractivity contribution in [1.82, 2.24) is 0 Å². The molecule has 0 aliphatic heterocycles. The summed E-state index contributed by atoms with van der Waals surface area (Å²) in [6.45, 7) is 5.86. The predicted octanol–water partition coefficient (Wildman–Crippen LogP) is 4.42. The van der Waals surface area contributed by atoms with E-state index in [1.165, 1.54) is 6.07 Å². The van der Waals surface area contributed by atoms with E-state index < -0.39 is 0 Å². The van der Waals surface area contributed by atoms with E-state index in [0.717, 1.165) is 24.0 Å². The van der Waals surface area contributed by atoms with Gasteiger partial charge in [0.25, 0.3) is 0 Å². The summed E-state index contributed by atoms with van der Waals surface area (Å²) in [4.78, 5) is 10.5. The highest BCUT2D eigenvalue weighted by atomic mass is 79.9. The summed E-state index contributed by atoms with van der Waals surface area (Å²) in [7, 11) is 1.80. The first-order valence-electron chi connectivity index (χ1n) is 6.19. The van der Waals surface area contributed by atoms with Crippen LogP contribution in [-0.2, 0) is 11.2 Å². The van der Waals surface area contributed by atoms with Crippen LogP contribution in [0.1, 0.15) is 32.8 Å². The SMILES string of the molecule is CC.CNc1cc(Br)c(F)cc1CCC(C)C=O. The van der Waals surface area contributed by atoms with Gasteiger partial charge in [0.1, 0.15) is 12.1 Å². The van der Waals surface area contributed by atoms with Crippen LogP contribution in [0.25, 0.3) is 0 Å². The second kappa shape index (κ2) is 9.09. The average molecular weight is 318 g/mol. The molecule has 1 aromatic carbocycles. The molecular weight excluding hydrogens is 297 g/mol. The zero-order valence-electron chi connectivity index (χ0n) is 11.4. The number of anilines is 1. The highest BCUT2D eigenvalue weighted by Gasteiger charge is 2.09. The summed E-state index contributed by atoms with van der Waals surface area (Å²) in [5.74, 6) is -0.260. The highest BCUT2D eigenvalue weighted by molar-refractivity contribution is 9.10. The maximum Gasteiger partial charge on any atom is 0.137 e. The molecule has 18 heavy (non-hydrogen) atoms. The van der Waals surface area contributed by atoms with Gasteiger partial charge in [-0.15, -0.1) is 0 Å². The fourth-order valence-electron chi connectivity index (χ4n) is 1.48. The van der Waals surface area contributed by atoms with Crippen LogP contribution in [-0.4, -0.2) is 13.3 Å². The first kappa shape index (κ1) is 17.1. The van der Waals surface area contributed by atoms with Gasteiger partial charge >= 0.3 is 0 Å². The molecule has 4 heteroatoms. The summed E-state index contributed by atoms with van der Waals surface area (Å²) < 4.78 is 13.8. The Hall–Kier alpha value is -0.900. The predicted molar refractivity (Wildman–Crippen MR) is 78.5 cm³/mol. The third-order valence-electron chi connectivity index (χ3n) is 2.52. The van der Waals surface area contributed by atoms with Crippen LogP contribution in [0.3, 0.4) is 0 Å². The first-order chi connectivity index (χ1) is 8.58. The van der Waals surface area contributed by atoms with E-state index in [1.807, 2.05) is 20.8 Å². The number of nitrogens with one attached hydrogen (secondary N) is 1. The lowest BCUT2D eigenvalue weighted by atomic mass is 10.0. The average Bonchev–Trinajstić information content (AvgIpc) is 2.41. The van der Waals surface area contributed by atoms with Gasteiger partial charge in [0.15, 0.2) is 0 Å². The molecule has 1 unspecified atom stereocenters. The standard InChI is InChI=1S/C12H15BrFNO.C2H6/c1-8(7-16)3-4-9-5-11(14)10(13)6-12(9)15-2;1-2/h5-8,15H,3-4H2,1-2H3;1-2H3. The van der Waals surface area contributed by atoms with Crippen LogP contribution in [0.5, 0.6) is 0 Å². The number of carbonyl (C=O) groups excluding carboxylic acids is 1. The molecule has 1 atom stereocenters. The number of hydrogen-bond acceptors (Lipinski definition) is 2. The van der Waals surface area contributed by atoms with Gasteiger partial charge < -0.3 is 10.1 Å². The van der Waals surface area contributed by atoms with Crippen molar-refractivity contribution in [1.29, 1.82) is 0 Å². The lowest BCUT2D eigenvalue weighted by molar-refractivity contribution is -0.110. The van der Waals surface area contributed by atoms with Gasteiger partial charge in [-0.25, -0.2) is 4.39 Å². The van der Waals surface area contributed by atoms with E-state index in [-0.39, 0.29) is 11.7 Å². The van der Waals surface area contributed by atoms with Gasteiger partial charge in [-0.1, -0.05) is 20.8 Å². The second-order valence-corrected chi connectivity index (χ2v) is 4.68. The molecule has 0 saturated carbocycles. The van der Waals surface area contributed by atoms with Gasteiger partial charge in [0.05, 0.1) is 4.47 Å². The lowest BCUT2D eigenvalue weighted by Crippen LogP contribution is -2.02. The maximum absolute atomic E-state index is 13.4. The van der Waals surface area contributed by atoms with Crippen molar-refractivity contribution in [2.45, 2.75) is 33.6 Å². The fourth-order valence-corrected chi connectivity index (χ4v) is 1.82. The van der Waals surface area contributed by atoms with Crippen molar-refractivity contribution in [2.75, 3.05) is 12.4 Å². The molecule has 102 valence electrons. The summed E-state index contributed by atoms with van der Waals surface area (Å²) in [5, 5.41) is 3.02. The monoisotopic (exact) mass is 317 g/mol. The number of rotatable bonds is 5. The number of halogens is 2. The normalized spacial score (nSPS) is 11.2. The molecule has 0 heterocycles. The van der Waals surface area contributed by atoms with Gasteiger partial charge in [-0.05, 0) is 46.5 Å². The molecule has 1 rings (SSSR count). The Bertz CT molecular complexity index is 382. The van der Waals surface area contributed by atoms with Gasteiger partial charge in [-0.2, -0.15) is 0 Å². The molecule has 0 aliphatic rings. The van der Waals surface area contributed by atoms with Crippen LogP contribution in [0, 0.1) is 11.7 Å². The largest absolute Gasteiger partial charge is 0.388 e. The van der Waals surface area contributed by atoms with Crippen molar-refractivity contribution in [3.63, 3.8) is 0 Å². The summed E-state index contributed by atoms with van der Waals surface area (Å²) >= 11 is 3.14.